The van der Waals surface area contributed by atoms with Crippen molar-refractivity contribution in [2.24, 2.45) is 5.73 Å². The minimum atomic E-state index is -0.890. The number of halogens is 1. The first-order valence-corrected chi connectivity index (χ1v) is 5.68. The second-order valence-corrected chi connectivity index (χ2v) is 4.52. The minimum Gasteiger partial charge on any atom is -0.507 e. The zero-order valence-corrected chi connectivity index (χ0v) is 10.5. The molecule has 0 bridgehead atoms. The van der Waals surface area contributed by atoms with Crippen molar-refractivity contribution in [3.8, 4) is 5.75 Å². The number of phenolic OH excluding ortho intramolecular Hbond substituents is 1. The van der Waals surface area contributed by atoms with Gasteiger partial charge < -0.3 is 15.9 Å². The predicted octanol–water partition coefficient (Wildman–Crippen LogP) is 2.33. The maximum absolute atomic E-state index is 10.4. The van der Waals surface area contributed by atoms with Crippen molar-refractivity contribution in [3.63, 3.8) is 0 Å². The molecule has 1 atom stereocenters. The van der Waals surface area contributed by atoms with Crippen LogP contribution in [0.5, 0.6) is 5.75 Å². The van der Waals surface area contributed by atoms with Gasteiger partial charge in [0.15, 0.2) is 0 Å². The molecule has 0 aliphatic rings. The van der Waals surface area contributed by atoms with Gasteiger partial charge in [0.05, 0.1) is 0 Å². The summed E-state index contributed by atoms with van der Waals surface area (Å²) in [5.41, 5.74) is 7.16. The fourth-order valence-electron chi connectivity index (χ4n) is 1.47. The summed E-state index contributed by atoms with van der Waals surface area (Å²) in [5, 5.41) is 18.4. The molecule has 4 nitrogen and oxygen atoms in total. The number of benzene rings is 1. The third-order valence-corrected chi connectivity index (χ3v) is 3.10. The molecular weight excluding hydrogens is 274 g/mol. The molecule has 1 rings (SSSR count). The Morgan fingerprint density at radius 1 is 1.56 bits per heavy atom. The van der Waals surface area contributed by atoms with Crippen LogP contribution in [0, 0.1) is 6.92 Å². The Bertz CT molecular complexity index is 406. The summed E-state index contributed by atoms with van der Waals surface area (Å²) in [4.78, 5) is 10.4. The van der Waals surface area contributed by atoms with Crippen molar-refractivity contribution in [1.29, 1.82) is 0 Å². The number of aliphatic carboxylic acids is 1. The van der Waals surface area contributed by atoms with Gasteiger partial charge in [0.2, 0.25) is 0 Å². The van der Waals surface area contributed by atoms with E-state index in [-0.39, 0.29) is 12.2 Å². The summed E-state index contributed by atoms with van der Waals surface area (Å²) in [6.07, 6.45) is 0.284. The average Bonchev–Trinajstić information content (AvgIpc) is 2.21. The predicted molar refractivity (Wildman–Crippen MR) is 64.3 cm³/mol. The number of rotatable bonds is 4. The largest absolute Gasteiger partial charge is 0.507 e. The molecule has 0 amide bonds. The smallest absolute Gasteiger partial charge is 0.303 e. The van der Waals surface area contributed by atoms with Gasteiger partial charge in [-0.15, -0.1) is 0 Å². The van der Waals surface area contributed by atoms with Crippen LogP contribution in [0.3, 0.4) is 0 Å². The summed E-state index contributed by atoms with van der Waals surface area (Å²) in [7, 11) is 0. The highest BCUT2D eigenvalue weighted by molar-refractivity contribution is 9.10. The van der Waals surface area contributed by atoms with Crippen LogP contribution in [0.1, 0.15) is 30.0 Å². The van der Waals surface area contributed by atoms with Gasteiger partial charge in [0, 0.05) is 22.5 Å². The standard InChI is InChI=1S/C11H14BrNO3/c1-6-2-3-7(12)10(11(6)16)8(13)4-5-9(14)15/h2-3,8,16H,4-5,13H2,1H3,(H,14,15). The molecule has 1 aromatic rings. The van der Waals surface area contributed by atoms with Crippen LogP contribution in [0.25, 0.3) is 0 Å². The van der Waals surface area contributed by atoms with Crippen molar-refractivity contribution in [1.82, 2.24) is 0 Å². The molecule has 0 spiro atoms. The Kier molecular flexibility index (Phi) is 4.32. The van der Waals surface area contributed by atoms with Crippen molar-refractivity contribution >= 4 is 21.9 Å². The summed E-state index contributed by atoms with van der Waals surface area (Å²) in [6, 6.07) is 3.09. The van der Waals surface area contributed by atoms with Crippen LogP contribution in [-0.4, -0.2) is 16.2 Å². The first-order valence-electron chi connectivity index (χ1n) is 4.88. The number of hydrogen-bond donors (Lipinski definition) is 3. The van der Waals surface area contributed by atoms with E-state index in [0.29, 0.717) is 16.5 Å². The number of aromatic hydroxyl groups is 1. The lowest BCUT2D eigenvalue weighted by molar-refractivity contribution is -0.137. The molecule has 0 saturated carbocycles. The maximum atomic E-state index is 10.4. The molecule has 0 fully saturated rings. The molecule has 0 heterocycles. The van der Waals surface area contributed by atoms with E-state index < -0.39 is 12.0 Å². The quantitative estimate of drug-likeness (QED) is 0.794. The fraction of sp³-hybridized carbons (Fsp3) is 0.364. The van der Waals surface area contributed by atoms with Gasteiger partial charge in [-0.05, 0) is 25.0 Å². The highest BCUT2D eigenvalue weighted by Gasteiger charge is 2.17. The monoisotopic (exact) mass is 287 g/mol. The molecular formula is C11H14BrNO3. The van der Waals surface area contributed by atoms with Crippen molar-refractivity contribution < 1.29 is 15.0 Å². The third kappa shape index (κ3) is 2.96. The second-order valence-electron chi connectivity index (χ2n) is 3.67. The van der Waals surface area contributed by atoms with Gasteiger partial charge in [-0.1, -0.05) is 22.0 Å². The average molecular weight is 288 g/mol. The topological polar surface area (TPSA) is 83.6 Å². The van der Waals surface area contributed by atoms with Gasteiger partial charge in [-0.3, -0.25) is 4.79 Å². The zero-order valence-electron chi connectivity index (χ0n) is 8.90. The van der Waals surface area contributed by atoms with Gasteiger partial charge in [-0.2, -0.15) is 0 Å². The fourth-order valence-corrected chi connectivity index (χ4v) is 2.08. The minimum absolute atomic E-state index is 0.0129. The number of nitrogens with two attached hydrogens (primary N) is 1. The Morgan fingerprint density at radius 2 is 2.19 bits per heavy atom. The van der Waals surface area contributed by atoms with E-state index in [1.54, 1.807) is 19.1 Å². The number of phenols is 1. The van der Waals surface area contributed by atoms with Gasteiger partial charge >= 0.3 is 5.97 Å². The number of carbonyl (C=O) groups is 1. The molecule has 5 heteroatoms. The molecule has 0 aromatic heterocycles. The Labute approximate surface area is 102 Å². The van der Waals surface area contributed by atoms with Gasteiger partial charge in [0.25, 0.3) is 0 Å². The maximum Gasteiger partial charge on any atom is 0.303 e. The van der Waals surface area contributed by atoms with Crippen molar-refractivity contribution in [3.05, 3.63) is 27.7 Å². The number of carboxylic acids is 1. The molecule has 16 heavy (non-hydrogen) atoms. The SMILES string of the molecule is Cc1ccc(Br)c(C(N)CCC(=O)O)c1O. The Hall–Kier alpha value is -1.07. The van der Waals surface area contributed by atoms with Gasteiger partial charge in [-0.25, -0.2) is 0 Å². The third-order valence-electron chi connectivity index (χ3n) is 2.41. The lowest BCUT2D eigenvalue weighted by Crippen LogP contribution is -2.13. The summed E-state index contributed by atoms with van der Waals surface area (Å²) < 4.78 is 0.702. The molecule has 4 N–H and O–H groups in total. The molecule has 88 valence electrons. The van der Waals surface area contributed by atoms with E-state index in [0.717, 1.165) is 5.56 Å². The van der Waals surface area contributed by atoms with Crippen LogP contribution in [0.4, 0.5) is 0 Å². The summed E-state index contributed by atoms with van der Waals surface area (Å²) in [5.74, 6) is -0.758. The van der Waals surface area contributed by atoms with E-state index in [9.17, 15) is 9.90 Å². The number of aryl methyl sites for hydroxylation is 1. The normalized spacial score (nSPS) is 12.4. The van der Waals surface area contributed by atoms with Crippen LogP contribution >= 0.6 is 15.9 Å². The highest BCUT2D eigenvalue weighted by atomic mass is 79.9. The molecule has 0 aliphatic carbocycles. The van der Waals surface area contributed by atoms with E-state index in [4.69, 9.17) is 10.8 Å². The first kappa shape index (κ1) is 13.0. The Morgan fingerprint density at radius 3 is 2.75 bits per heavy atom. The lowest BCUT2D eigenvalue weighted by atomic mass is 9.99. The van der Waals surface area contributed by atoms with Crippen molar-refractivity contribution in [2.75, 3.05) is 0 Å². The highest BCUT2D eigenvalue weighted by Crippen LogP contribution is 2.34. The number of hydrogen-bond acceptors (Lipinski definition) is 3. The molecule has 1 aromatic carbocycles. The zero-order chi connectivity index (χ0) is 12.3. The molecule has 0 radical (unpaired) electrons. The van der Waals surface area contributed by atoms with E-state index in [1.165, 1.54) is 0 Å². The lowest BCUT2D eigenvalue weighted by Gasteiger charge is -2.16. The van der Waals surface area contributed by atoms with Crippen LogP contribution in [-0.2, 0) is 4.79 Å². The second kappa shape index (κ2) is 5.32. The Balaban J connectivity index is 2.94. The van der Waals surface area contributed by atoms with E-state index in [2.05, 4.69) is 15.9 Å². The summed E-state index contributed by atoms with van der Waals surface area (Å²) in [6.45, 7) is 1.77. The van der Waals surface area contributed by atoms with E-state index >= 15 is 0 Å². The number of carboxylic acid groups (broad SMARTS) is 1. The molecule has 1 unspecified atom stereocenters. The summed E-state index contributed by atoms with van der Waals surface area (Å²) >= 11 is 3.30. The molecule has 0 aliphatic heterocycles. The van der Waals surface area contributed by atoms with Crippen LogP contribution in [0.2, 0.25) is 0 Å². The molecule has 0 saturated heterocycles. The van der Waals surface area contributed by atoms with E-state index in [1.807, 2.05) is 0 Å². The first-order chi connectivity index (χ1) is 7.43. The van der Waals surface area contributed by atoms with Crippen LogP contribution < -0.4 is 5.73 Å². The van der Waals surface area contributed by atoms with Crippen LogP contribution in [0.15, 0.2) is 16.6 Å². The van der Waals surface area contributed by atoms with Gasteiger partial charge in [0.1, 0.15) is 5.75 Å². The van der Waals surface area contributed by atoms with Crippen molar-refractivity contribution in [2.45, 2.75) is 25.8 Å².